The van der Waals surface area contributed by atoms with Gasteiger partial charge in [-0.15, -0.1) is 0 Å². The molecule has 10 atom stereocenters. The molecular formula is C32H43N3O4. The molecule has 2 saturated carbocycles. The number of carbonyl (C=O) groups excluding carboxylic acids is 3. The van der Waals surface area contributed by atoms with Crippen LogP contribution in [0.4, 0.5) is 5.69 Å². The molecular weight excluding hydrogens is 490 g/mol. The minimum absolute atomic E-state index is 0.0442. The van der Waals surface area contributed by atoms with Gasteiger partial charge in [0.05, 0.1) is 17.9 Å². The van der Waals surface area contributed by atoms with Crippen LogP contribution in [0.3, 0.4) is 0 Å². The van der Waals surface area contributed by atoms with E-state index in [0.717, 1.165) is 44.1 Å². The SMILES string of the molecule is Cc1cccc(NC(=O)[C@H]2[C@H]3C=C[C@@]4(O3)[C@H]2C(=O)N([C@@H]2CCC[C@H](C)[C@@H]2C)[C@@H]4C(=O)N[C@@H]2CCCC[C@H]2C)c1. The monoisotopic (exact) mass is 533 g/mol. The van der Waals surface area contributed by atoms with Crippen molar-refractivity contribution in [3.05, 3.63) is 42.0 Å². The lowest BCUT2D eigenvalue weighted by Crippen LogP contribution is -2.60. The van der Waals surface area contributed by atoms with Gasteiger partial charge in [-0.05, 0) is 61.6 Å². The van der Waals surface area contributed by atoms with E-state index in [1.165, 1.54) is 6.42 Å². The number of anilines is 1. The Morgan fingerprint density at radius 3 is 2.54 bits per heavy atom. The second-order valence-corrected chi connectivity index (χ2v) is 13.0. The van der Waals surface area contributed by atoms with Gasteiger partial charge in [-0.1, -0.05) is 70.7 Å². The molecule has 0 radical (unpaired) electrons. The zero-order valence-corrected chi connectivity index (χ0v) is 23.7. The van der Waals surface area contributed by atoms with Crippen molar-refractivity contribution in [2.75, 3.05) is 5.32 Å². The molecule has 1 aromatic carbocycles. The molecule has 5 aliphatic rings. The van der Waals surface area contributed by atoms with Gasteiger partial charge in [0.1, 0.15) is 11.6 Å². The second kappa shape index (κ2) is 10.1. The van der Waals surface area contributed by atoms with Crippen molar-refractivity contribution in [1.29, 1.82) is 0 Å². The first kappa shape index (κ1) is 26.5. The van der Waals surface area contributed by atoms with E-state index in [4.69, 9.17) is 4.74 Å². The molecule has 2 saturated heterocycles. The lowest BCUT2D eigenvalue weighted by atomic mass is 9.74. The Kier molecular flexibility index (Phi) is 6.85. The highest BCUT2D eigenvalue weighted by Gasteiger charge is 2.73. The summed E-state index contributed by atoms with van der Waals surface area (Å²) in [5.74, 6) is -0.697. The number of rotatable bonds is 5. The van der Waals surface area contributed by atoms with Gasteiger partial charge in [-0.3, -0.25) is 14.4 Å². The molecule has 39 heavy (non-hydrogen) atoms. The van der Waals surface area contributed by atoms with Gasteiger partial charge >= 0.3 is 0 Å². The fourth-order valence-electron chi connectivity index (χ4n) is 8.25. The number of hydrogen-bond donors (Lipinski definition) is 2. The van der Waals surface area contributed by atoms with Crippen molar-refractivity contribution in [3.8, 4) is 0 Å². The molecule has 4 fully saturated rings. The molecule has 7 nitrogen and oxygen atoms in total. The average molecular weight is 534 g/mol. The molecule has 3 heterocycles. The first-order valence-electron chi connectivity index (χ1n) is 15.1. The fourth-order valence-corrected chi connectivity index (χ4v) is 8.25. The maximum absolute atomic E-state index is 14.5. The molecule has 2 bridgehead atoms. The zero-order chi connectivity index (χ0) is 27.5. The van der Waals surface area contributed by atoms with Gasteiger partial charge in [0.25, 0.3) is 0 Å². The number of nitrogens with zero attached hydrogens (tertiary/aromatic N) is 1. The summed E-state index contributed by atoms with van der Waals surface area (Å²) in [5.41, 5.74) is 0.641. The van der Waals surface area contributed by atoms with Crippen LogP contribution in [0.15, 0.2) is 36.4 Å². The van der Waals surface area contributed by atoms with Crippen LogP contribution in [0.2, 0.25) is 0 Å². The van der Waals surface area contributed by atoms with E-state index >= 15 is 0 Å². The number of aryl methyl sites for hydroxylation is 1. The van der Waals surface area contributed by atoms with Crippen molar-refractivity contribution >= 4 is 23.4 Å². The number of benzene rings is 1. The number of amides is 3. The Morgan fingerprint density at radius 2 is 1.77 bits per heavy atom. The summed E-state index contributed by atoms with van der Waals surface area (Å²) in [7, 11) is 0. The molecule has 6 rings (SSSR count). The molecule has 2 N–H and O–H groups in total. The maximum atomic E-state index is 14.5. The van der Waals surface area contributed by atoms with E-state index in [9.17, 15) is 14.4 Å². The minimum Gasteiger partial charge on any atom is -0.359 e. The minimum atomic E-state index is -1.11. The van der Waals surface area contributed by atoms with Gasteiger partial charge in [0.2, 0.25) is 17.7 Å². The number of nitrogens with one attached hydrogen (secondary N) is 2. The third-order valence-electron chi connectivity index (χ3n) is 10.6. The van der Waals surface area contributed by atoms with Crippen molar-refractivity contribution in [2.24, 2.45) is 29.6 Å². The quantitative estimate of drug-likeness (QED) is 0.542. The van der Waals surface area contributed by atoms with E-state index < -0.39 is 29.6 Å². The van der Waals surface area contributed by atoms with Crippen LogP contribution < -0.4 is 10.6 Å². The molecule has 210 valence electrons. The lowest BCUT2D eigenvalue weighted by molar-refractivity contribution is -0.146. The number of hydrogen-bond acceptors (Lipinski definition) is 4. The Morgan fingerprint density at radius 1 is 1.00 bits per heavy atom. The normalized spacial score (nSPS) is 41.0. The van der Waals surface area contributed by atoms with Crippen LogP contribution in [0.1, 0.15) is 71.3 Å². The van der Waals surface area contributed by atoms with Crippen LogP contribution >= 0.6 is 0 Å². The molecule has 1 aromatic rings. The molecule has 0 unspecified atom stereocenters. The number of ether oxygens (including phenoxy) is 1. The molecule has 2 aliphatic carbocycles. The predicted molar refractivity (Wildman–Crippen MR) is 150 cm³/mol. The Bertz CT molecular complexity index is 1180. The third-order valence-corrected chi connectivity index (χ3v) is 10.6. The van der Waals surface area contributed by atoms with Crippen LogP contribution in [-0.4, -0.2) is 52.5 Å². The van der Waals surface area contributed by atoms with E-state index in [1.54, 1.807) is 0 Å². The smallest absolute Gasteiger partial charge is 0.246 e. The predicted octanol–water partition coefficient (Wildman–Crippen LogP) is 4.60. The summed E-state index contributed by atoms with van der Waals surface area (Å²) in [5, 5.41) is 6.40. The summed E-state index contributed by atoms with van der Waals surface area (Å²) < 4.78 is 6.59. The van der Waals surface area contributed by atoms with E-state index in [0.29, 0.717) is 17.5 Å². The van der Waals surface area contributed by atoms with Crippen molar-refractivity contribution < 1.29 is 19.1 Å². The lowest BCUT2D eigenvalue weighted by Gasteiger charge is -2.44. The van der Waals surface area contributed by atoms with Gasteiger partial charge in [-0.25, -0.2) is 0 Å². The summed E-state index contributed by atoms with van der Waals surface area (Å²) in [6.07, 6.45) is 10.7. The third kappa shape index (κ3) is 4.32. The summed E-state index contributed by atoms with van der Waals surface area (Å²) in [6, 6.07) is 6.97. The standard InChI is InChI=1S/C32H43N3O4/c1-18-9-7-12-22(17-18)33-29(36)26-25-15-16-32(39-25)27(26)31(38)35(24-14-8-11-19(2)21(24)4)28(32)30(37)34-23-13-6-5-10-20(23)3/h7,9,12,15-17,19-21,23-28H,5-6,8,10-11,13-14H2,1-4H3,(H,33,36)(H,34,37)/t19-,20+,21-,23+,24+,25+,26-,27+,28+,32+/m0/s1. The topological polar surface area (TPSA) is 87.7 Å². The zero-order valence-electron chi connectivity index (χ0n) is 23.7. The molecule has 1 spiro atoms. The highest BCUT2D eigenvalue weighted by molar-refractivity contribution is 6.03. The molecule has 7 heteroatoms. The van der Waals surface area contributed by atoms with E-state index in [1.807, 2.05) is 48.2 Å². The molecule has 3 amide bonds. The fraction of sp³-hybridized carbons (Fsp3) is 0.656. The van der Waals surface area contributed by atoms with Crippen LogP contribution in [-0.2, 0) is 19.1 Å². The second-order valence-electron chi connectivity index (χ2n) is 13.0. The van der Waals surface area contributed by atoms with Crippen molar-refractivity contribution in [1.82, 2.24) is 10.2 Å². The van der Waals surface area contributed by atoms with Crippen molar-refractivity contribution in [2.45, 2.75) is 102 Å². The van der Waals surface area contributed by atoms with Gasteiger partial charge < -0.3 is 20.3 Å². The van der Waals surface area contributed by atoms with Crippen LogP contribution in [0.5, 0.6) is 0 Å². The Labute approximate surface area is 232 Å². The van der Waals surface area contributed by atoms with Crippen LogP contribution in [0, 0.1) is 36.5 Å². The van der Waals surface area contributed by atoms with E-state index in [2.05, 4.69) is 31.4 Å². The van der Waals surface area contributed by atoms with Gasteiger partial charge in [0, 0.05) is 17.8 Å². The Balaban J connectivity index is 1.35. The van der Waals surface area contributed by atoms with Crippen LogP contribution in [0.25, 0.3) is 0 Å². The highest BCUT2D eigenvalue weighted by atomic mass is 16.5. The number of fused-ring (bicyclic) bond motifs is 1. The van der Waals surface area contributed by atoms with Gasteiger partial charge in [-0.2, -0.15) is 0 Å². The highest BCUT2D eigenvalue weighted by Crippen LogP contribution is 2.57. The summed E-state index contributed by atoms with van der Waals surface area (Å²) in [4.78, 5) is 44.3. The number of likely N-dealkylation sites (tertiary alicyclic amines) is 1. The summed E-state index contributed by atoms with van der Waals surface area (Å²) >= 11 is 0. The maximum Gasteiger partial charge on any atom is 0.246 e. The van der Waals surface area contributed by atoms with Gasteiger partial charge in [0.15, 0.2) is 0 Å². The first-order chi connectivity index (χ1) is 18.7. The average Bonchev–Trinajstić information content (AvgIpc) is 3.54. The number of carbonyl (C=O) groups is 3. The first-order valence-corrected chi connectivity index (χ1v) is 15.1. The molecule has 3 aliphatic heterocycles. The Hall–Kier alpha value is -2.67. The van der Waals surface area contributed by atoms with Crippen molar-refractivity contribution in [3.63, 3.8) is 0 Å². The van der Waals surface area contributed by atoms with E-state index in [-0.39, 0.29) is 35.7 Å². The molecule has 0 aromatic heterocycles. The summed E-state index contributed by atoms with van der Waals surface area (Å²) in [6.45, 7) is 8.64. The largest absolute Gasteiger partial charge is 0.359 e.